The standard InChI is InChI=1S/C11H12ClIN2O5/c12-6(2-13)5-3-15(11(19)14-10(5)18)9-1-7(17)8(4-16)20-9/h2-3,7-9,16-17H,1,4H2,(H,14,18,19)/b6-2+/t7?,8-,9-/m0/s1. The molecule has 20 heavy (non-hydrogen) atoms. The Morgan fingerprint density at radius 3 is 2.90 bits per heavy atom. The van der Waals surface area contributed by atoms with E-state index < -0.39 is 29.7 Å². The minimum Gasteiger partial charge on any atom is -0.394 e. The van der Waals surface area contributed by atoms with E-state index in [9.17, 15) is 14.7 Å². The van der Waals surface area contributed by atoms with Crippen LogP contribution in [0.5, 0.6) is 0 Å². The van der Waals surface area contributed by atoms with Gasteiger partial charge in [0.25, 0.3) is 5.56 Å². The maximum absolute atomic E-state index is 11.8. The summed E-state index contributed by atoms with van der Waals surface area (Å²) < 4.78 is 8.02. The summed E-state index contributed by atoms with van der Waals surface area (Å²) in [5.41, 5.74) is -1.12. The molecule has 1 aliphatic heterocycles. The predicted octanol–water partition coefficient (Wildman–Crippen LogP) is 0.150. The number of H-pyrrole nitrogens is 1. The highest BCUT2D eigenvalue weighted by Gasteiger charge is 2.35. The Bertz CT molecular complexity index is 640. The minimum atomic E-state index is -0.872. The van der Waals surface area contributed by atoms with Crippen molar-refractivity contribution >= 4 is 39.2 Å². The molecule has 1 aromatic heterocycles. The van der Waals surface area contributed by atoms with Crippen LogP contribution >= 0.6 is 34.2 Å². The van der Waals surface area contributed by atoms with Gasteiger partial charge in [0.2, 0.25) is 0 Å². The van der Waals surface area contributed by atoms with Gasteiger partial charge in [0, 0.05) is 12.6 Å². The Hall–Kier alpha value is -0.680. The summed E-state index contributed by atoms with van der Waals surface area (Å²) in [6.45, 7) is -0.350. The van der Waals surface area contributed by atoms with E-state index in [1.165, 1.54) is 10.3 Å². The van der Waals surface area contributed by atoms with Crippen molar-refractivity contribution < 1.29 is 14.9 Å². The fourth-order valence-electron chi connectivity index (χ4n) is 1.98. The Balaban J connectivity index is 2.43. The van der Waals surface area contributed by atoms with E-state index >= 15 is 0 Å². The predicted molar refractivity (Wildman–Crippen MR) is 80.8 cm³/mol. The summed E-state index contributed by atoms with van der Waals surface area (Å²) in [6.07, 6.45) is -0.956. The number of aromatic amines is 1. The highest BCUT2D eigenvalue weighted by molar-refractivity contribution is 14.1. The molecule has 3 atom stereocenters. The second-order valence-electron chi connectivity index (χ2n) is 4.28. The Morgan fingerprint density at radius 2 is 2.35 bits per heavy atom. The van der Waals surface area contributed by atoms with Gasteiger partial charge in [0.05, 0.1) is 23.3 Å². The van der Waals surface area contributed by atoms with E-state index in [0.717, 1.165) is 4.57 Å². The van der Waals surface area contributed by atoms with Gasteiger partial charge in [-0.2, -0.15) is 0 Å². The third-order valence-corrected chi connectivity index (χ3v) is 4.32. The Labute approximate surface area is 132 Å². The molecule has 2 rings (SSSR count). The molecule has 1 aliphatic rings. The van der Waals surface area contributed by atoms with E-state index in [0.29, 0.717) is 0 Å². The van der Waals surface area contributed by atoms with Crippen LogP contribution in [-0.2, 0) is 4.74 Å². The van der Waals surface area contributed by atoms with Crippen molar-refractivity contribution in [2.45, 2.75) is 24.9 Å². The molecular weight excluding hydrogens is 402 g/mol. The monoisotopic (exact) mass is 414 g/mol. The van der Waals surface area contributed by atoms with Crippen molar-refractivity contribution in [3.05, 3.63) is 36.7 Å². The van der Waals surface area contributed by atoms with E-state index in [-0.39, 0.29) is 23.6 Å². The largest absolute Gasteiger partial charge is 0.394 e. The van der Waals surface area contributed by atoms with Crippen molar-refractivity contribution in [3.63, 3.8) is 0 Å². The highest BCUT2D eigenvalue weighted by Crippen LogP contribution is 2.28. The van der Waals surface area contributed by atoms with Crippen LogP contribution in [0.2, 0.25) is 0 Å². The van der Waals surface area contributed by atoms with Gasteiger partial charge >= 0.3 is 5.69 Å². The number of rotatable bonds is 3. The minimum absolute atomic E-state index is 0.131. The van der Waals surface area contributed by atoms with Gasteiger partial charge in [-0.1, -0.05) is 34.2 Å². The van der Waals surface area contributed by atoms with Crippen molar-refractivity contribution in [1.29, 1.82) is 0 Å². The van der Waals surface area contributed by atoms with Crippen LogP contribution in [0.25, 0.3) is 5.03 Å². The number of aromatic nitrogens is 2. The van der Waals surface area contributed by atoms with Gasteiger partial charge in [-0.25, -0.2) is 4.79 Å². The molecule has 0 spiro atoms. The van der Waals surface area contributed by atoms with Crippen molar-refractivity contribution in [1.82, 2.24) is 9.55 Å². The summed E-state index contributed by atoms with van der Waals surface area (Å²) >= 11 is 7.78. The molecule has 0 radical (unpaired) electrons. The number of nitrogens with one attached hydrogen (secondary N) is 1. The summed E-state index contributed by atoms with van der Waals surface area (Å²) in [5, 5.41) is 18.9. The normalized spacial score (nSPS) is 27.0. The lowest BCUT2D eigenvalue weighted by Gasteiger charge is -2.15. The third-order valence-electron chi connectivity index (χ3n) is 3.02. The molecule has 1 unspecified atom stereocenters. The van der Waals surface area contributed by atoms with Crippen LogP contribution in [0, 0.1) is 0 Å². The number of aliphatic hydroxyl groups is 2. The summed E-state index contributed by atoms with van der Waals surface area (Å²) in [7, 11) is 0. The lowest BCUT2D eigenvalue weighted by molar-refractivity contribution is -0.0459. The lowest BCUT2D eigenvalue weighted by Crippen LogP contribution is -2.33. The van der Waals surface area contributed by atoms with E-state index in [2.05, 4.69) is 4.98 Å². The smallest absolute Gasteiger partial charge is 0.330 e. The molecule has 7 nitrogen and oxygen atoms in total. The van der Waals surface area contributed by atoms with Gasteiger partial charge in [-0.05, 0) is 4.08 Å². The summed E-state index contributed by atoms with van der Waals surface area (Å²) in [5.74, 6) is 0. The van der Waals surface area contributed by atoms with Crippen LogP contribution < -0.4 is 11.2 Å². The molecule has 0 bridgehead atoms. The molecular formula is C11H12ClIN2O5. The van der Waals surface area contributed by atoms with Crippen molar-refractivity contribution in [2.24, 2.45) is 0 Å². The number of halogens is 2. The first-order valence-electron chi connectivity index (χ1n) is 5.74. The van der Waals surface area contributed by atoms with Crippen molar-refractivity contribution in [2.75, 3.05) is 6.61 Å². The Kier molecular flexibility index (Phi) is 5.02. The van der Waals surface area contributed by atoms with Gasteiger partial charge < -0.3 is 14.9 Å². The van der Waals surface area contributed by atoms with Crippen molar-refractivity contribution in [3.8, 4) is 0 Å². The van der Waals surface area contributed by atoms with Crippen LogP contribution in [0.4, 0.5) is 0 Å². The first kappa shape index (κ1) is 15.7. The zero-order chi connectivity index (χ0) is 14.9. The average molecular weight is 415 g/mol. The molecule has 3 N–H and O–H groups in total. The van der Waals surface area contributed by atoms with Crippen LogP contribution in [0.1, 0.15) is 18.2 Å². The topological polar surface area (TPSA) is 105 Å². The number of ether oxygens (including phenoxy) is 1. The molecule has 110 valence electrons. The maximum Gasteiger partial charge on any atom is 0.330 e. The summed E-state index contributed by atoms with van der Waals surface area (Å²) in [6, 6.07) is 0. The molecule has 1 aromatic rings. The number of aliphatic hydroxyl groups excluding tert-OH is 2. The zero-order valence-electron chi connectivity index (χ0n) is 10.1. The maximum atomic E-state index is 11.8. The first-order valence-corrected chi connectivity index (χ1v) is 7.36. The summed E-state index contributed by atoms with van der Waals surface area (Å²) in [4.78, 5) is 25.6. The first-order chi connectivity index (χ1) is 9.47. The van der Waals surface area contributed by atoms with Gasteiger partial charge in [-0.3, -0.25) is 14.3 Å². The van der Waals surface area contributed by atoms with Gasteiger partial charge in [0.1, 0.15) is 12.3 Å². The van der Waals surface area contributed by atoms with E-state index in [4.69, 9.17) is 21.4 Å². The fourth-order valence-corrected chi connectivity index (χ4v) is 2.45. The molecule has 9 heteroatoms. The second kappa shape index (κ2) is 6.39. The van der Waals surface area contributed by atoms with E-state index in [1.807, 2.05) is 22.6 Å². The van der Waals surface area contributed by atoms with Gasteiger partial charge in [0.15, 0.2) is 0 Å². The quantitative estimate of drug-likeness (QED) is 0.611. The molecule has 0 aromatic carbocycles. The second-order valence-corrected chi connectivity index (χ2v) is 5.31. The fraction of sp³-hybridized carbons (Fsp3) is 0.455. The number of hydrogen-bond donors (Lipinski definition) is 3. The van der Waals surface area contributed by atoms with Crippen LogP contribution in [-0.4, -0.2) is 38.6 Å². The molecule has 1 fully saturated rings. The third kappa shape index (κ3) is 2.98. The molecule has 0 saturated carbocycles. The lowest BCUT2D eigenvalue weighted by atomic mass is 10.2. The Morgan fingerprint density at radius 1 is 1.65 bits per heavy atom. The SMILES string of the molecule is O=c1[nH]c(=O)n([C@@H]2CC(O)[C@H](CO)O2)cc1/C(Cl)=C\I. The molecule has 0 aliphatic carbocycles. The van der Waals surface area contributed by atoms with E-state index in [1.54, 1.807) is 0 Å². The zero-order valence-corrected chi connectivity index (χ0v) is 13.0. The molecule has 1 saturated heterocycles. The number of nitrogens with zero attached hydrogens (tertiary/aromatic N) is 1. The van der Waals surface area contributed by atoms with Crippen LogP contribution in [0.3, 0.4) is 0 Å². The molecule has 2 heterocycles. The molecule has 0 amide bonds. The highest BCUT2D eigenvalue weighted by atomic mass is 127. The van der Waals surface area contributed by atoms with Crippen LogP contribution in [0.15, 0.2) is 19.9 Å². The van der Waals surface area contributed by atoms with Gasteiger partial charge in [-0.15, -0.1) is 0 Å². The average Bonchev–Trinajstić information content (AvgIpc) is 2.79. The number of hydrogen-bond acceptors (Lipinski definition) is 5.